The third-order valence-corrected chi connectivity index (χ3v) is 2.55. The summed E-state index contributed by atoms with van der Waals surface area (Å²) < 4.78 is 5.40. The summed E-state index contributed by atoms with van der Waals surface area (Å²) in [4.78, 5) is 12.2. The van der Waals surface area contributed by atoms with Crippen molar-refractivity contribution in [3.8, 4) is 5.75 Å². The molecule has 0 saturated heterocycles. The van der Waals surface area contributed by atoms with E-state index >= 15 is 0 Å². The van der Waals surface area contributed by atoms with Crippen molar-refractivity contribution in [2.45, 2.75) is 4.84 Å². The Balaban J connectivity index is 2.34. The van der Waals surface area contributed by atoms with E-state index in [0.717, 1.165) is 5.69 Å². The highest BCUT2D eigenvalue weighted by Gasteiger charge is 2.26. The highest BCUT2D eigenvalue weighted by atomic mass is 35.5. The molecule has 1 aromatic carbocycles. The smallest absolute Gasteiger partial charge is 0.260 e. The monoisotopic (exact) mass is 245 g/mol. The number of carbonyl (C=O) groups excluding carboxylic acids is 1. The number of anilines is 1. The molecule has 2 rings (SSSR count). The first-order chi connectivity index (χ1) is 7.20. The van der Waals surface area contributed by atoms with E-state index in [-0.39, 0.29) is 5.91 Å². The minimum atomic E-state index is -1.03. The molecular weight excluding hydrogens is 237 g/mol. The number of fused-ring (bicyclic) bond motifs is 1. The highest BCUT2D eigenvalue weighted by Crippen LogP contribution is 2.31. The number of nitrogens with zero attached hydrogens (tertiary/aromatic N) is 1. The van der Waals surface area contributed by atoms with Crippen molar-refractivity contribution in [3.63, 3.8) is 0 Å². The van der Waals surface area contributed by atoms with Gasteiger partial charge in [-0.05, 0) is 12.1 Å². The molecule has 0 saturated carbocycles. The summed E-state index contributed by atoms with van der Waals surface area (Å²) in [5.41, 5.74) is 0.722. The number of amides is 1. The van der Waals surface area contributed by atoms with Crippen LogP contribution in [0.5, 0.6) is 5.75 Å². The number of hydrogen-bond acceptors (Lipinski definition) is 2. The standard InChI is InChI=1S/C10H9Cl2NO2/c11-9(12)10(14)13-5-6-15-8-4-2-1-3-7(8)13/h1-4,9H,5-6H2. The van der Waals surface area contributed by atoms with E-state index in [0.29, 0.717) is 18.9 Å². The maximum Gasteiger partial charge on any atom is 0.260 e. The molecular formula is C10H9Cl2NO2. The Hall–Kier alpha value is -0.930. The first kappa shape index (κ1) is 10.6. The van der Waals surface area contributed by atoms with Gasteiger partial charge in [-0.2, -0.15) is 0 Å². The molecule has 0 aromatic heterocycles. The number of benzene rings is 1. The van der Waals surface area contributed by atoms with E-state index in [2.05, 4.69) is 0 Å². The molecule has 0 atom stereocenters. The number of rotatable bonds is 1. The molecule has 1 heterocycles. The molecule has 0 radical (unpaired) electrons. The van der Waals surface area contributed by atoms with Crippen LogP contribution in [0.2, 0.25) is 0 Å². The Morgan fingerprint density at radius 2 is 2.13 bits per heavy atom. The van der Waals surface area contributed by atoms with Crippen LogP contribution in [-0.2, 0) is 4.79 Å². The van der Waals surface area contributed by atoms with Gasteiger partial charge in [-0.1, -0.05) is 35.3 Å². The average molecular weight is 246 g/mol. The van der Waals surface area contributed by atoms with Gasteiger partial charge < -0.3 is 9.64 Å². The van der Waals surface area contributed by atoms with Crippen LogP contribution in [0.4, 0.5) is 5.69 Å². The normalized spacial score (nSPS) is 14.7. The van der Waals surface area contributed by atoms with Gasteiger partial charge in [0.05, 0.1) is 12.2 Å². The third kappa shape index (κ3) is 2.03. The average Bonchev–Trinajstić information content (AvgIpc) is 2.27. The lowest BCUT2D eigenvalue weighted by molar-refractivity contribution is -0.117. The van der Waals surface area contributed by atoms with Gasteiger partial charge in [0.25, 0.3) is 5.91 Å². The fourth-order valence-electron chi connectivity index (χ4n) is 1.52. The lowest BCUT2D eigenvalue weighted by Crippen LogP contribution is -2.40. The number of hydrogen-bond donors (Lipinski definition) is 0. The summed E-state index contributed by atoms with van der Waals surface area (Å²) in [5.74, 6) is 0.375. The molecule has 1 aliphatic heterocycles. The lowest BCUT2D eigenvalue weighted by Gasteiger charge is -2.29. The van der Waals surface area contributed by atoms with Gasteiger partial charge in [0.1, 0.15) is 12.4 Å². The molecule has 3 nitrogen and oxygen atoms in total. The molecule has 0 aliphatic carbocycles. The minimum Gasteiger partial charge on any atom is -0.490 e. The SMILES string of the molecule is O=C(C(Cl)Cl)N1CCOc2ccccc21. The Kier molecular flexibility index (Phi) is 3.03. The summed E-state index contributed by atoms with van der Waals surface area (Å²) in [7, 11) is 0. The van der Waals surface area contributed by atoms with Crippen molar-refractivity contribution in [1.82, 2.24) is 0 Å². The molecule has 1 aromatic rings. The van der Waals surface area contributed by atoms with Crippen LogP contribution >= 0.6 is 23.2 Å². The quantitative estimate of drug-likeness (QED) is 0.711. The van der Waals surface area contributed by atoms with Crippen LogP contribution < -0.4 is 9.64 Å². The molecule has 0 bridgehead atoms. The van der Waals surface area contributed by atoms with Gasteiger partial charge in [0, 0.05) is 0 Å². The first-order valence-electron chi connectivity index (χ1n) is 4.51. The second-order valence-corrected chi connectivity index (χ2v) is 4.20. The number of alkyl halides is 2. The van der Waals surface area contributed by atoms with Crippen molar-refractivity contribution < 1.29 is 9.53 Å². The fraction of sp³-hybridized carbons (Fsp3) is 0.300. The van der Waals surface area contributed by atoms with Gasteiger partial charge in [-0.15, -0.1) is 0 Å². The van der Waals surface area contributed by atoms with E-state index in [1.165, 1.54) is 0 Å². The second kappa shape index (κ2) is 4.29. The molecule has 0 spiro atoms. The van der Waals surface area contributed by atoms with Crippen molar-refractivity contribution in [2.75, 3.05) is 18.1 Å². The minimum absolute atomic E-state index is 0.311. The number of para-hydroxylation sites is 2. The van der Waals surface area contributed by atoms with Gasteiger partial charge in [-0.25, -0.2) is 0 Å². The molecule has 1 amide bonds. The summed E-state index contributed by atoms with van der Waals surface area (Å²) in [6.45, 7) is 0.940. The number of halogens is 2. The molecule has 1 aliphatic rings. The van der Waals surface area contributed by atoms with Gasteiger partial charge in [-0.3, -0.25) is 4.79 Å². The van der Waals surface area contributed by atoms with Gasteiger partial charge in [0.2, 0.25) is 0 Å². The Morgan fingerprint density at radius 1 is 1.40 bits per heavy atom. The molecule has 0 unspecified atom stereocenters. The Morgan fingerprint density at radius 3 is 2.87 bits per heavy atom. The van der Waals surface area contributed by atoms with Gasteiger partial charge >= 0.3 is 0 Å². The van der Waals surface area contributed by atoms with E-state index in [1.54, 1.807) is 4.90 Å². The van der Waals surface area contributed by atoms with Crippen LogP contribution in [0.15, 0.2) is 24.3 Å². The van der Waals surface area contributed by atoms with Crippen LogP contribution in [-0.4, -0.2) is 23.9 Å². The largest absolute Gasteiger partial charge is 0.490 e. The molecule has 5 heteroatoms. The molecule has 15 heavy (non-hydrogen) atoms. The highest BCUT2D eigenvalue weighted by molar-refractivity contribution is 6.54. The molecule has 0 fully saturated rings. The Bertz CT molecular complexity index is 381. The van der Waals surface area contributed by atoms with E-state index in [4.69, 9.17) is 27.9 Å². The zero-order chi connectivity index (χ0) is 10.8. The van der Waals surface area contributed by atoms with Crippen molar-refractivity contribution in [3.05, 3.63) is 24.3 Å². The lowest BCUT2D eigenvalue weighted by atomic mass is 10.2. The van der Waals surface area contributed by atoms with E-state index < -0.39 is 4.84 Å². The summed E-state index contributed by atoms with van der Waals surface area (Å²) >= 11 is 11.1. The van der Waals surface area contributed by atoms with Crippen molar-refractivity contribution in [2.24, 2.45) is 0 Å². The third-order valence-electron chi connectivity index (χ3n) is 2.18. The van der Waals surface area contributed by atoms with E-state index in [9.17, 15) is 4.79 Å². The van der Waals surface area contributed by atoms with Crippen LogP contribution in [0, 0.1) is 0 Å². The van der Waals surface area contributed by atoms with Crippen LogP contribution in [0.3, 0.4) is 0 Å². The van der Waals surface area contributed by atoms with E-state index in [1.807, 2.05) is 24.3 Å². The van der Waals surface area contributed by atoms with Gasteiger partial charge in [0.15, 0.2) is 4.84 Å². The predicted molar refractivity (Wildman–Crippen MR) is 59.8 cm³/mol. The molecule has 80 valence electrons. The second-order valence-electron chi connectivity index (χ2n) is 3.11. The van der Waals surface area contributed by atoms with Crippen molar-refractivity contribution in [1.29, 1.82) is 0 Å². The zero-order valence-electron chi connectivity index (χ0n) is 7.82. The van der Waals surface area contributed by atoms with Crippen LogP contribution in [0.25, 0.3) is 0 Å². The first-order valence-corrected chi connectivity index (χ1v) is 5.39. The maximum absolute atomic E-state index is 11.7. The van der Waals surface area contributed by atoms with Crippen LogP contribution in [0.1, 0.15) is 0 Å². The topological polar surface area (TPSA) is 29.5 Å². The Labute approximate surface area is 97.5 Å². The number of ether oxygens (including phenoxy) is 1. The predicted octanol–water partition coefficient (Wildman–Crippen LogP) is 2.22. The van der Waals surface area contributed by atoms with Crippen molar-refractivity contribution >= 4 is 34.8 Å². The molecule has 0 N–H and O–H groups in total. The summed E-state index contributed by atoms with van der Waals surface area (Å²) in [6.07, 6.45) is 0. The number of carbonyl (C=O) groups is 1. The zero-order valence-corrected chi connectivity index (χ0v) is 9.33. The fourth-order valence-corrected chi connectivity index (χ4v) is 1.75. The maximum atomic E-state index is 11.7. The summed E-state index contributed by atoms with van der Waals surface area (Å²) in [6, 6.07) is 7.31. The summed E-state index contributed by atoms with van der Waals surface area (Å²) in [5, 5.41) is 0.